The van der Waals surface area contributed by atoms with Crippen LogP contribution >= 0.6 is 0 Å². The smallest absolute Gasteiger partial charge is 0.160 e. The summed E-state index contributed by atoms with van der Waals surface area (Å²) in [7, 11) is 0. The first kappa shape index (κ1) is 22.6. The summed E-state index contributed by atoms with van der Waals surface area (Å²) in [6, 6.07) is 51.5. The standard InChI is InChI=1S/C38H24N2/c1-2-12-27(13-3-1)38-39-35(30-19-18-25-10-4-5-14-28(25)22-30)24-36(40-38)37-32-17-9-7-15-29(32)23-34-31-16-8-6-11-26(31)20-21-33(34)37/h1-24H. The summed E-state index contributed by atoms with van der Waals surface area (Å²) < 4.78 is 0. The zero-order valence-electron chi connectivity index (χ0n) is 21.8. The Balaban J connectivity index is 1.47. The predicted molar refractivity (Wildman–Crippen MR) is 168 cm³/mol. The van der Waals surface area contributed by atoms with Crippen LogP contribution in [0.1, 0.15) is 0 Å². The Labute approximate surface area is 232 Å². The zero-order valence-corrected chi connectivity index (χ0v) is 21.8. The van der Waals surface area contributed by atoms with Crippen molar-refractivity contribution in [3.8, 4) is 33.9 Å². The van der Waals surface area contributed by atoms with Crippen LogP contribution in [-0.4, -0.2) is 9.97 Å². The summed E-state index contributed by atoms with van der Waals surface area (Å²) in [5, 5.41) is 9.72. The highest BCUT2D eigenvalue weighted by Crippen LogP contribution is 2.40. The van der Waals surface area contributed by atoms with E-state index in [1.807, 2.05) is 18.2 Å². The minimum atomic E-state index is 0.725. The molecule has 0 bridgehead atoms. The minimum absolute atomic E-state index is 0.725. The van der Waals surface area contributed by atoms with Gasteiger partial charge in [0.25, 0.3) is 0 Å². The van der Waals surface area contributed by atoms with Crippen molar-refractivity contribution in [3.63, 3.8) is 0 Å². The largest absolute Gasteiger partial charge is 0.228 e. The van der Waals surface area contributed by atoms with Gasteiger partial charge in [-0.25, -0.2) is 9.97 Å². The molecule has 0 aliphatic rings. The van der Waals surface area contributed by atoms with Crippen molar-refractivity contribution in [1.29, 1.82) is 0 Å². The molecule has 0 spiro atoms. The maximum Gasteiger partial charge on any atom is 0.160 e. The molecule has 0 saturated heterocycles. The maximum atomic E-state index is 5.23. The van der Waals surface area contributed by atoms with Gasteiger partial charge in [0.1, 0.15) is 0 Å². The molecule has 0 amide bonds. The average molecular weight is 509 g/mol. The molecule has 0 aliphatic heterocycles. The van der Waals surface area contributed by atoms with Crippen LogP contribution in [0.15, 0.2) is 146 Å². The molecule has 1 heterocycles. The number of hydrogen-bond donors (Lipinski definition) is 0. The van der Waals surface area contributed by atoms with Crippen molar-refractivity contribution in [2.45, 2.75) is 0 Å². The molecule has 1 aromatic heterocycles. The number of nitrogens with zero attached hydrogens (tertiary/aromatic N) is 2. The van der Waals surface area contributed by atoms with E-state index in [0.29, 0.717) is 0 Å². The van der Waals surface area contributed by atoms with E-state index in [2.05, 4.69) is 127 Å². The second kappa shape index (κ2) is 9.14. The molecule has 0 saturated carbocycles. The normalized spacial score (nSPS) is 11.5. The zero-order chi connectivity index (χ0) is 26.5. The first-order chi connectivity index (χ1) is 19.8. The molecular weight excluding hydrogens is 484 g/mol. The molecule has 8 rings (SSSR count). The fourth-order valence-corrected chi connectivity index (χ4v) is 5.88. The summed E-state index contributed by atoms with van der Waals surface area (Å²) >= 11 is 0. The lowest BCUT2D eigenvalue weighted by Gasteiger charge is -2.15. The molecule has 0 radical (unpaired) electrons. The molecule has 0 fully saturated rings. The van der Waals surface area contributed by atoms with Gasteiger partial charge in [-0.15, -0.1) is 0 Å². The van der Waals surface area contributed by atoms with E-state index in [-0.39, 0.29) is 0 Å². The fourth-order valence-electron chi connectivity index (χ4n) is 5.88. The average Bonchev–Trinajstić information content (AvgIpc) is 3.03. The van der Waals surface area contributed by atoms with Crippen LogP contribution in [0.4, 0.5) is 0 Å². The van der Waals surface area contributed by atoms with Crippen LogP contribution in [0, 0.1) is 0 Å². The van der Waals surface area contributed by atoms with Gasteiger partial charge in [0.2, 0.25) is 0 Å². The molecule has 8 aromatic rings. The van der Waals surface area contributed by atoms with E-state index in [1.54, 1.807) is 0 Å². The van der Waals surface area contributed by atoms with Crippen molar-refractivity contribution >= 4 is 43.1 Å². The molecule has 186 valence electrons. The van der Waals surface area contributed by atoms with E-state index < -0.39 is 0 Å². The van der Waals surface area contributed by atoms with Crippen molar-refractivity contribution in [3.05, 3.63) is 146 Å². The van der Waals surface area contributed by atoms with Crippen LogP contribution in [0.3, 0.4) is 0 Å². The molecule has 7 aromatic carbocycles. The Bertz CT molecular complexity index is 2210. The lowest BCUT2D eigenvalue weighted by Crippen LogP contribution is -1.97. The quantitative estimate of drug-likeness (QED) is 0.175. The van der Waals surface area contributed by atoms with Crippen LogP contribution in [0.2, 0.25) is 0 Å². The van der Waals surface area contributed by atoms with E-state index in [0.717, 1.165) is 33.9 Å². The SMILES string of the molecule is c1ccc(-c2nc(-c3ccc4ccccc4c3)cc(-c3c4ccccc4cc4c3ccc3ccccc34)n2)cc1. The Morgan fingerprint density at radius 3 is 1.82 bits per heavy atom. The first-order valence-electron chi connectivity index (χ1n) is 13.6. The monoisotopic (exact) mass is 508 g/mol. The van der Waals surface area contributed by atoms with Gasteiger partial charge in [0.15, 0.2) is 5.82 Å². The molecule has 0 unspecified atom stereocenters. The predicted octanol–water partition coefficient (Wildman–Crippen LogP) is 10.1. The van der Waals surface area contributed by atoms with Crippen molar-refractivity contribution < 1.29 is 0 Å². The summed E-state index contributed by atoms with van der Waals surface area (Å²) in [6.07, 6.45) is 0. The summed E-state index contributed by atoms with van der Waals surface area (Å²) in [4.78, 5) is 10.3. The van der Waals surface area contributed by atoms with Gasteiger partial charge in [-0.2, -0.15) is 0 Å². The van der Waals surface area contributed by atoms with Gasteiger partial charge in [-0.3, -0.25) is 0 Å². The summed E-state index contributed by atoms with van der Waals surface area (Å²) in [5.74, 6) is 0.725. The highest BCUT2D eigenvalue weighted by Gasteiger charge is 2.17. The Hall–Kier alpha value is -5.34. The van der Waals surface area contributed by atoms with Crippen molar-refractivity contribution in [2.24, 2.45) is 0 Å². The Morgan fingerprint density at radius 2 is 0.975 bits per heavy atom. The van der Waals surface area contributed by atoms with Crippen molar-refractivity contribution in [2.75, 3.05) is 0 Å². The van der Waals surface area contributed by atoms with Gasteiger partial charge >= 0.3 is 0 Å². The lowest BCUT2D eigenvalue weighted by atomic mass is 9.91. The van der Waals surface area contributed by atoms with Gasteiger partial charge in [-0.05, 0) is 61.3 Å². The fraction of sp³-hybridized carbons (Fsp3) is 0. The third kappa shape index (κ3) is 3.73. The molecule has 0 aliphatic carbocycles. The second-order valence-corrected chi connectivity index (χ2v) is 10.2. The molecule has 2 nitrogen and oxygen atoms in total. The third-order valence-corrected chi connectivity index (χ3v) is 7.83. The maximum absolute atomic E-state index is 5.23. The topological polar surface area (TPSA) is 25.8 Å². The first-order valence-corrected chi connectivity index (χ1v) is 13.6. The van der Waals surface area contributed by atoms with Crippen LogP contribution < -0.4 is 0 Å². The Kier molecular flexibility index (Phi) is 5.17. The summed E-state index contributed by atoms with van der Waals surface area (Å²) in [6.45, 7) is 0. The third-order valence-electron chi connectivity index (χ3n) is 7.83. The van der Waals surface area contributed by atoms with Gasteiger partial charge in [-0.1, -0.05) is 127 Å². The minimum Gasteiger partial charge on any atom is -0.228 e. The number of hydrogen-bond acceptors (Lipinski definition) is 2. The second-order valence-electron chi connectivity index (χ2n) is 10.2. The van der Waals surface area contributed by atoms with E-state index in [9.17, 15) is 0 Å². The van der Waals surface area contributed by atoms with Gasteiger partial charge in [0, 0.05) is 16.7 Å². The number of benzene rings is 7. The van der Waals surface area contributed by atoms with Gasteiger partial charge < -0.3 is 0 Å². The molecule has 40 heavy (non-hydrogen) atoms. The van der Waals surface area contributed by atoms with Crippen LogP contribution in [0.5, 0.6) is 0 Å². The van der Waals surface area contributed by atoms with E-state index in [4.69, 9.17) is 9.97 Å². The highest BCUT2D eigenvalue weighted by atomic mass is 14.9. The van der Waals surface area contributed by atoms with Crippen LogP contribution in [0.25, 0.3) is 77.0 Å². The number of fused-ring (bicyclic) bond motifs is 5. The molecular formula is C38H24N2. The van der Waals surface area contributed by atoms with Gasteiger partial charge in [0.05, 0.1) is 11.4 Å². The van der Waals surface area contributed by atoms with E-state index in [1.165, 1.54) is 43.1 Å². The van der Waals surface area contributed by atoms with Crippen LogP contribution in [-0.2, 0) is 0 Å². The lowest BCUT2D eigenvalue weighted by molar-refractivity contribution is 1.19. The molecule has 0 atom stereocenters. The number of aromatic nitrogens is 2. The van der Waals surface area contributed by atoms with Crippen molar-refractivity contribution in [1.82, 2.24) is 9.97 Å². The summed E-state index contributed by atoms with van der Waals surface area (Å²) in [5.41, 5.74) is 5.06. The molecule has 0 N–H and O–H groups in total. The number of rotatable bonds is 3. The van der Waals surface area contributed by atoms with E-state index >= 15 is 0 Å². The molecule has 2 heteroatoms. The highest BCUT2D eigenvalue weighted by molar-refractivity contribution is 6.19. The Morgan fingerprint density at radius 1 is 0.325 bits per heavy atom.